The number of carbonyl (C=O) groups excluding carboxylic acids is 1. The third-order valence-corrected chi connectivity index (χ3v) is 7.85. The number of nitrogens with zero attached hydrogens (tertiary/aromatic N) is 1. The normalized spacial score (nSPS) is 18.3. The van der Waals surface area contributed by atoms with Gasteiger partial charge in [-0.3, -0.25) is 4.79 Å². The highest BCUT2D eigenvalue weighted by molar-refractivity contribution is 6.12. The molecule has 1 fully saturated rings. The Balaban J connectivity index is 1.69. The second kappa shape index (κ2) is 12.6. The van der Waals surface area contributed by atoms with Gasteiger partial charge in [0.15, 0.2) is 5.79 Å². The molecule has 220 valence electrons. The van der Waals surface area contributed by atoms with Gasteiger partial charge in [0.25, 0.3) is 5.91 Å². The van der Waals surface area contributed by atoms with Crippen molar-refractivity contribution in [3.05, 3.63) is 102 Å². The third kappa shape index (κ3) is 6.50. The van der Waals surface area contributed by atoms with Crippen molar-refractivity contribution < 1.29 is 18.7 Å². The van der Waals surface area contributed by atoms with E-state index >= 15 is 0 Å². The summed E-state index contributed by atoms with van der Waals surface area (Å²) in [5, 5.41) is 3.14. The quantitative estimate of drug-likeness (QED) is 0.219. The van der Waals surface area contributed by atoms with Crippen LogP contribution in [0.4, 0.5) is 10.1 Å². The highest BCUT2D eigenvalue weighted by Crippen LogP contribution is 2.43. The molecule has 5 nitrogen and oxygen atoms in total. The monoisotopic (exact) mass is 568 g/mol. The second-order valence-corrected chi connectivity index (χ2v) is 11.8. The summed E-state index contributed by atoms with van der Waals surface area (Å²) < 4.78 is 28.9. The molecular formula is C36H41FN2O3. The first-order chi connectivity index (χ1) is 20.2. The fourth-order valence-corrected chi connectivity index (χ4v) is 6.13. The van der Waals surface area contributed by atoms with Gasteiger partial charge in [-0.25, -0.2) is 4.39 Å². The number of nitrogens with one attached hydrogen (secondary N) is 1. The van der Waals surface area contributed by atoms with Gasteiger partial charge in [0, 0.05) is 29.9 Å². The van der Waals surface area contributed by atoms with E-state index < -0.39 is 5.79 Å². The fourth-order valence-electron chi connectivity index (χ4n) is 6.13. The van der Waals surface area contributed by atoms with E-state index in [-0.39, 0.29) is 29.9 Å². The van der Waals surface area contributed by atoms with Gasteiger partial charge in [-0.1, -0.05) is 69.3 Å². The summed E-state index contributed by atoms with van der Waals surface area (Å²) in [7, 11) is 0. The smallest absolute Gasteiger partial charge is 0.258 e. The Morgan fingerprint density at radius 1 is 0.929 bits per heavy atom. The topological polar surface area (TPSA) is 52.5 Å². The molecule has 0 radical (unpaired) electrons. The molecule has 1 aliphatic rings. The number of hydrogen-bond donors (Lipinski definition) is 1. The van der Waals surface area contributed by atoms with Crippen molar-refractivity contribution >= 4 is 11.6 Å². The molecule has 5 rings (SSSR count). The number of carbonyl (C=O) groups is 1. The molecule has 1 unspecified atom stereocenters. The maximum atomic E-state index is 14.2. The summed E-state index contributed by atoms with van der Waals surface area (Å²) in [5.41, 5.74) is 5.86. The molecule has 1 aliphatic heterocycles. The van der Waals surface area contributed by atoms with Crippen LogP contribution in [-0.4, -0.2) is 28.5 Å². The van der Waals surface area contributed by atoms with Gasteiger partial charge in [-0.2, -0.15) is 0 Å². The molecule has 1 saturated heterocycles. The van der Waals surface area contributed by atoms with Crippen molar-refractivity contribution in [2.24, 2.45) is 0 Å². The Morgan fingerprint density at radius 2 is 1.55 bits per heavy atom. The Kier molecular flexibility index (Phi) is 8.95. The lowest BCUT2D eigenvalue weighted by atomic mass is 9.94. The van der Waals surface area contributed by atoms with Crippen molar-refractivity contribution in [1.29, 1.82) is 0 Å². The predicted octanol–water partition coefficient (Wildman–Crippen LogP) is 9.05. The second-order valence-electron chi connectivity index (χ2n) is 11.8. The first-order valence-electron chi connectivity index (χ1n) is 15.0. The third-order valence-electron chi connectivity index (χ3n) is 7.85. The Hall–Kier alpha value is -3.74. The minimum atomic E-state index is -0.656. The van der Waals surface area contributed by atoms with E-state index in [4.69, 9.17) is 9.47 Å². The van der Waals surface area contributed by atoms with Crippen LogP contribution in [0.5, 0.6) is 0 Å². The SMILES string of the molecule is CC[C@H]1CC(CCn2c(-c3ccc(F)cc3)c(-c3ccccc3)c(C(=O)Nc3ccccc3)c2C(C)C)OC(C)(C)O1. The molecule has 42 heavy (non-hydrogen) atoms. The Morgan fingerprint density at radius 3 is 2.17 bits per heavy atom. The Labute approximate surface area is 248 Å². The molecule has 2 heterocycles. The van der Waals surface area contributed by atoms with E-state index in [1.807, 2.05) is 74.5 Å². The fraction of sp³-hybridized carbons (Fsp3) is 0.361. The summed E-state index contributed by atoms with van der Waals surface area (Å²) >= 11 is 0. The number of ether oxygens (including phenoxy) is 2. The molecule has 2 atom stereocenters. The molecule has 0 bridgehead atoms. The van der Waals surface area contributed by atoms with Crippen LogP contribution in [0.3, 0.4) is 0 Å². The summed E-state index contributed by atoms with van der Waals surface area (Å²) in [6, 6.07) is 26.1. The highest BCUT2D eigenvalue weighted by Gasteiger charge is 2.36. The van der Waals surface area contributed by atoms with Crippen LogP contribution in [0.2, 0.25) is 0 Å². The van der Waals surface area contributed by atoms with Crippen LogP contribution in [0.25, 0.3) is 22.4 Å². The van der Waals surface area contributed by atoms with Gasteiger partial charge in [0.1, 0.15) is 5.82 Å². The van der Waals surface area contributed by atoms with Crippen molar-refractivity contribution in [2.75, 3.05) is 5.32 Å². The lowest BCUT2D eigenvalue weighted by molar-refractivity contribution is -0.300. The van der Waals surface area contributed by atoms with E-state index in [1.54, 1.807) is 12.1 Å². The molecule has 0 aliphatic carbocycles. The number of para-hydroxylation sites is 1. The number of hydrogen-bond acceptors (Lipinski definition) is 3. The molecule has 4 aromatic rings. The van der Waals surface area contributed by atoms with Crippen molar-refractivity contribution in [2.45, 2.75) is 84.3 Å². The number of aromatic nitrogens is 1. The molecule has 1 N–H and O–H groups in total. The van der Waals surface area contributed by atoms with Crippen LogP contribution >= 0.6 is 0 Å². The van der Waals surface area contributed by atoms with Crippen molar-refractivity contribution in [1.82, 2.24) is 4.57 Å². The summed E-state index contributed by atoms with van der Waals surface area (Å²) in [4.78, 5) is 14.2. The van der Waals surface area contributed by atoms with Gasteiger partial charge in [-0.05, 0) is 80.1 Å². The largest absolute Gasteiger partial charge is 0.347 e. The molecule has 1 amide bonds. The van der Waals surface area contributed by atoms with Gasteiger partial charge >= 0.3 is 0 Å². The van der Waals surface area contributed by atoms with Crippen LogP contribution in [-0.2, 0) is 16.0 Å². The minimum absolute atomic E-state index is 0.00366. The number of rotatable bonds is 9. The zero-order valence-electron chi connectivity index (χ0n) is 25.2. The van der Waals surface area contributed by atoms with Crippen LogP contribution in [0, 0.1) is 5.82 Å². The molecule has 0 saturated carbocycles. The number of benzene rings is 3. The lowest BCUT2D eigenvalue weighted by Gasteiger charge is -2.41. The zero-order valence-corrected chi connectivity index (χ0v) is 25.2. The maximum absolute atomic E-state index is 14.2. The van der Waals surface area contributed by atoms with E-state index in [0.29, 0.717) is 12.1 Å². The van der Waals surface area contributed by atoms with Crippen LogP contribution in [0.1, 0.15) is 75.9 Å². The molecule has 6 heteroatoms. The molecular weight excluding hydrogens is 527 g/mol. The average Bonchev–Trinajstić information content (AvgIpc) is 3.32. The van der Waals surface area contributed by atoms with Gasteiger partial charge < -0.3 is 19.4 Å². The number of halogens is 1. The molecule has 3 aromatic carbocycles. The maximum Gasteiger partial charge on any atom is 0.258 e. The average molecular weight is 569 g/mol. The zero-order chi connectivity index (χ0) is 29.9. The van der Waals surface area contributed by atoms with E-state index in [2.05, 4.69) is 30.7 Å². The molecule has 0 spiro atoms. The summed E-state index contributed by atoms with van der Waals surface area (Å²) in [6.07, 6.45) is 2.63. The molecule has 1 aromatic heterocycles. The standard InChI is InChI=1S/C36H41FN2O3/c1-6-29-23-30(42-36(4,5)41-29)21-22-39-33(24(2)3)32(35(40)38-28-15-11-8-12-16-28)31(25-13-9-7-10-14-25)34(39)26-17-19-27(37)20-18-26/h7-20,24,29-30H,6,21-23H2,1-5H3,(H,38,40)/t29-,30?/m0/s1. The number of amides is 1. The van der Waals surface area contributed by atoms with E-state index in [0.717, 1.165) is 53.0 Å². The predicted molar refractivity (Wildman–Crippen MR) is 167 cm³/mol. The summed E-state index contributed by atoms with van der Waals surface area (Å²) in [6.45, 7) is 11.0. The minimum Gasteiger partial charge on any atom is -0.347 e. The lowest BCUT2D eigenvalue weighted by Crippen LogP contribution is -2.44. The van der Waals surface area contributed by atoms with Crippen LogP contribution < -0.4 is 5.32 Å². The summed E-state index contributed by atoms with van der Waals surface area (Å²) in [5.74, 6) is -1.08. The van der Waals surface area contributed by atoms with E-state index in [1.165, 1.54) is 12.1 Å². The van der Waals surface area contributed by atoms with Gasteiger partial charge in [0.2, 0.25) is 0 Å². The van der Waals surface area contributed by atoms with Gasteiger partial charge in [-0.15, -0.1) is 0 Å². The first-order valence-corrected chi connectivity index (χ1v) is 15.0. The van der Waals surface area contributed by atoms with Crippen LogP contribution in [0.15, 0.2) is 84.9 Å². The van der Waals surface area contributed by atoms with Crippen molar-refractivity contribution in [3.63, 3.8) is 0 Å². The van der Waals surface area contributed by atoms with E-state index in [9.17, 15) is 9.18 Å². The highest BCUT2D eigenvalue weighted by atomic mass is 19.1. The van der Waals surface area contributed by atoms with Crippen molar-refractivity contribution in [3.8, 4) is 22.4 Å². The number of anilines is 1. The first kappa shape index (κ1) is 29.7. The van der Waals surface area contributed by atoms with Gasteiger partial charge in [0.05, 0.1) is 23.5 Å². The Bertz CT molecular complexity index is 1490.